The second-order valence-electron chi connectivity index (χ2n) is 4.08. The molecule has 0 saturated carbocycles. The molecule has 0 amide bonds. The number of fused-ring (bicyclic) bond motifs is 1. The van der Waals surface area contributed by atoms with Crippen molar-refractivity contribution in [2.75, 3.05) is 18.9 Å². The van der Waals surface area contributed by atoms with Gasteiger partial charge in [-0.25, -0.2) is 0 Å². The van der Waals surface area contributed by atoms with Crippen molar-refractivity contribution >= 4 is 26.7 Å². The molecule has 0 aliphatic carbocycles. The zero-order valence-electron chi connectivity index (χ0n) is 9.58. The summed E-state index contributed by atoms with van der Waals surface area (Å²) in [5.74, 6) is 2.16. The molecule has 1 aliphatic heterocycles. The molecule has 0 radical (unpaired) electrons. The minimum Gasteiger partial charge on any atom is -0.493 e. The molecule has 0 aromatic heterocycles. The van der Waals surface area contributed by atoms with Crippen molar-refractivity contribution in [3.8, 4) is 5.75 Å². The number of hydrogen-bond acceptors (Lipinski definition) is 3. The van der Waals surface area contributed by atoms with Gasteiger partial charge in [0.25, 0.3) is 0 Å². The first-order chi connectivity index (χ1) is 8.20. The molecule has 1 aromatic rings. The first-order valence-electron chi connectivity index (χ1n) is 5.70. The Morgan fingerprint density at radius 2 is 2.29 bits per heavy atom. The Morgan fingerprint density at radius 1 is 1.47 bits per heavy atom. The lowest BCUT2D eigenvalue weighted by molar-refractivity contribution is 0.354. The average molecular weight is 318 g/mol. The molecule has 0 saturated heterocycles. The summed E-state index contributed by atoms with van der Waals surface area (Å²) in [7, 11) is -0.852. The predicted molar refractivity (Wildman–Crippen MR) is 73.7 cm³/mol. The van der Waals surface area contributed by atoms with Crippen molar-refractivity contribution in [2.45, 2.75) is 18.6 Å². The molecular weight excluding hydrogens is 302 g/mol. The summed E-state index contributed by atoms with van der Waals surface area (Å²) in [5.41, 5.74) is 7.67. The maximum Gasteiger partial charge on any atom is 0.126 e. The molecule has 1 aromatic carbocycles. The zero-order chi connectivity index (χ0) is 12.3. The van der Waals surface area contributed by atoms with Gasteiger partial charge >= 0.3 is 0 Å². The smallest absolute Gasteiger partial charge is 0.126 e. The van der Waals surface area contributed by atoms with Gasteiger partial charge in [0.05, 0.1) is 12.4 Å². The summed E-state index contributed by atoms with van der Waals surface area (Å²) in [6, 6.07) is 4.08. The zero-order valence-corrected chi connectivity index (χ0v) is 12.0. The van der Waals surface area contributed by atoms with E-state index in [1.807, 2.05) is 6.07 Å². The van der Waals surface area contributed by atoms with Crippen LogP contribution in [0.3, 0.4) is 0 Å². The normalized spacial score (nSPS) is 15.4. The van der Waals surface area contributed by atoms with Crippen LogP contribution < -0.4 is 10.5 Å². The summed E-state index contributed by atoms with van der Waals surface area (Å²) in [4.78, 5) is 0. The minimum absolute atomic E-state index is 0.557. The van der Waals surface area contributed by atoms with Crippen LogP contribution in [0, 0.1) is 0 Å². The van der Waals surface area contributed by atoms with Crippen molar-refractivity contribution in [1.82, 2.24) is 0 Å². The van der Waals surface area contributed by atoms with Crippen molar-refractivity contribution in [3.05, 3.63) is 27.7 Å². The van der Waals surface area contributed by atoms with E-state index in [1.165, 1.54) is 5.56 Å². The second-order valence-corrected chi connectivity index (χ2v) is 6.57. The molecule has 5 heteroatoms. The number of nitrogens with two attached hydrogens (primary N) is 1. The van der Waals surface area contributed by atoms with Gasteiger partial charge in [0.15, 0.2) is 0 Å². The fraction of sp³-hybridized carbons (Fsp3) is 0.500. The van der Waals surface area contributed by atoms with Crippen molar-refractivity contribution in [2.24, 2.45) is 5.73 Å². The topological polar surface area (TPSA) is 52.3 Å². The lowest BCUT2D eigenvalue weighted by Crippen LogP contribution is -2.08. The molecule has 1 heterocycles. The van der Waals surface area contributed by atoms with Gasteiger partial charge in [-0.15, -0.1) is 0 Å². The third kappa shape index (κ3) is 3.30. The number of rotatable bonds is 5. The number of benzene rings is 1. The van der Waals surface area contributed by atoms with E-state index in [0.717, 1.165) is 35.2 Å². The molecule has 2 rings (SSSR count). The van der Waals surface area contributed by atoms with Crippen molar-refractivity contribution in [3.63, 3.8) is 0 Å². The molecular formula is C12H16BrNO2S. The molecule has 2 N–H and O–H groups in total. The molecule has 94 valence electrons. The fourth-order valence-electron chi connectivity index (χ4n) is 1.94. The fourth-order valence-corrected chi connectivity index (χ4v) is 3.69. The van der Waals surface area contributed by atoms with E-state index in [0.29, 0.717) is 18.1 Å². The van der Waals surface area contributed by atoms with Crippen LogP contribution in [-0.2, 0) is 23.0 Å². The Morgan fingerprint density at radius 3 is 3.06 bits per heavy atom. The molecule has 0 spiro atoms. The summed E-state index contributed by atoms with van der Waals surface area (Å²) in [6.07, 6.45) is 1.75. The number of hydrogen-bond donors (Lipinski definition) is 1. The molecule has 1 atom stereocenters. The van der Waals surface area contributed by atoms with Crippen LogP contribution in [0.5, 0.6) is 5.75 Å². The molecule has 0 bridgehead atoms. The second kappa shape index (κ2) is 5.98. The monoisotopic (exact) mass is 317 g/mol. The maximum atomic E-state index is 11.9. The summed E-state index contributed by atoms with van der Waals surface area (Å²) in [6.45, 7) is 1.33. The molecule has 1 aliphatic rings. The maximum absolute atomic E-state index is 11.9. The Hall–Kier alpha value is -0.390. The van der Waals surface area contributed by atoms with Crippen LogP contribution in [0.25, 0.3) is 0 Å². The van der Waals surface area contributed by atoms with Crippen LogP contribution in [0.4, 0.5) is 0 Å². The number of ether oxygens (including phenoxy) is 1. The Bertz CT molecular complexity index is 437. The first-order valence-corrected chi connectivity index (χ1v) is 7.98. The summed E-state index contributed by atoms with van der Waals surface area (Å²) < 4.78 is 18.5. The van der Waals surface area contributed by atoms with Crippen molar-refractivity contribution < 1.29 is 8.95 Å². The average Bonchev–Trinajstić information content (AvgIpc) is 2.74. The lowest BCUT2D eigenvalue weighted by atomic mass is 10.1. The van der Waals surface area contributed by atoms with Gasteiger partial charge in [-0.2, -0.15) is 0 Å². The quantitative estimate of drug-likeness (QED) is 0.903. The van der Waals surface area contributed by atoms with Gasteiger partial charge in [-0.3, -0.25) is 4.21 Å². The third-order valence-electron chi connectivity index (χ3n) is 2.72. The first kappa shape index (κ1) is 13.1. The minimum atomic E-state index is -0.852. The SMILES string of the molecule is NCCCS(=O)Cc1cc(Br)cc2c1OCC2. The van der Waals surface area contributed by atoms with Gasteiger partial charge in [0.1, 0.15) is 5.75 Å². The summed E-state index contributed by atoms with van der Waals surface area (Å²) in [5, 5.41) is 0. The highest BCUT2D eigenvalue weighted by molar-refractivity contribution is 9.10. The van der Waals surface area contributed by atoms with Crippen LogP contribution in [0.1, 0.15) is 17.5 Å². The van der Waals surface area contributed by atoms with Crippen LogP contribution in [0.15, 0.2) is 16.6 Å². The molecule has 1 unspecified atom stereocenters. The molecule has 0 fully saturated rings. The Labute approximate surface area is 112 Å². The van der Waals surface area contributed by atoms with E-state index in [1.54, 1.807) is 0 Å². The van der Waals surface area contributed by atoms with E-state index in [4.69, 9.17) is 10.5 Å². The van der Waals surface area contributed by atoms with E-state index in [9.17, 15) is 4.21 Å². The Balaban J connectivity index is 2.13. The van der Waals surface area contributed by atoms with Gasteiger partial charge < -0.3 is 10.5 Å². The number of halogens is 1. The van der Waals surface area contributed by atoms with Gasteiger partial charge in [-0.05, 0) is 30.7 Å². The summed E-state index contributed by atoms with van der Waals surface area (Å²) >= 11 is 3.48. The highest BCUT2D eigenvalue weighted by atomic mass is 79.9. The van der Waals surface area contributed by atoms with Gasteiger partial charge in [0, 0.05) is 33.0 Å². The van der Waals surface area contributed by atoms with Crippen LogP contribution in [0.2, 0.25) is 0 Å². The highest BCUT2D eigenvalue weighted by Crippen LogP contribution is 2.33. The van der Waals surface area contributed by atoms with E-state index >= 15 is 0 Å². The van der Waals surface area contributed by atoms with Crippen LogP contribution >= 0.6 is 15.9 Å². The Kier molecular flexibility index (Phi) is 4.59. The predicted octanol–water partition coefficient (Wildman–Crippen LogP) is 1.98. The van der Waals surface area contributed by atoms with Crippen LogP contribution in [-0.4, -0.2) is 23.1 Å². The van der Waals surface area contributed by atoms with E-state index in [2.05, 4.69) is 22.0 Å². The lowest BCUT2D eigenvalue weighted by Gasteiger charge is -2.08. The third-order valence-corrected chi connectivity index (χ3v) is 4.55. The van der Waals surface area contributed by atoms with Gasteiger partial charge in [0.2, 0.25) is 0 Å². The highest BCUT2D eigenvalue weighted by Gasteiger charge is 2.18. The van der Waals surface area contributed by atoms with E-state index < -0.39 is 10.8 Å². The molecule has 17 heavy (non-hydrogen) atoms. The molecule has 3 nitrogen and oxygen atoms in total. The van der Waals surface area contributed by atoms with Gasteiger partial charge in [-0.1, -0.05) is 15.9 Å². The van der Waals surface area contributed by atoms with E-state index in [-0.39, 0.29) is 0 Å². The standard InChI is InChI=1S/C12H16BrNO2S/c13-11-6-9-2-4-16-12(9)10(7-11)8-17(15)5-1-3-14/h6-7H,1-5,8,14H2. The van der Waals surface area contributed by atoms with Crippen molar-refractivity contribution in [1.29, 1.82) is 0 Å². The largest absolute Gasteiger partial charge is 0.493 e.